The van der Waals surface area contributed by atoms with Crippen LogP contribution >= 0.6 is 0 Å². The largest absolute Gasteiger partial charge is 0.368 e. The minimum atomic E-state index is -0.570. The number of carbonyl (C=O) groups is 2. The van der Waals surface area contributed by atoms with Gasteiger partial charge in [-0.15, -0.1) is 0 Å². The molecule has 1 N–H and O–H groups in total. The number of nitrogens with one attached hydrogen (secondary N) is 1. The second kappa shape index (κ2) is 7.79. The Balaban J connectivity index is 1.47. The molecule has 0 bridgehead atoms. The summed E-state index contributed by atoms with van der Waals surface area (Å²) >= 11 is 0. The number of hydrogen-bond donors (Lipinski definition) is 1. The molecule has 2 aliphatic rings. The number of nitrogens with zero attached hydrogens (tertiary/aromatic N) is 4. The summed E-state index contributed by atoms with van der Waals surface area (Å²) in [5.74, 6) is -1.32. The maximum atomic E-state index is 13.0. The molecule has 0 atom stereocenters. The second-order valence-corrected chi connectivity index (χ2v) is 6.49. The molecular weight excluding hydrogens is 325 g/mol. The van der Waals surface area contributed by atoms with E-state index in [0.29, 0.717) is 39.3 Å². The minimum Gasteiger partial charge on any atom is -0.368 e. The number of amides is 2. The van der Waals surface area contributed by atoms with Crippen molar-refractivity contribution < 1.29 is 14.0 Å². The van der Waals surface area contributed by atoms with E-state index in [1.807, 2.05) is 7.05 Å². The van der Waals surface area contributed by atoms with E-state index in [2.05, 4.69) is 15.2 Å². The lowest BCUT2D eigenvalue weighted by Gasteiger charge is -2.36. The summed E-state index contributed by atoms with van der Waals surface area (Å²) < 4.78 is 13.0. The fourth-order valence-electron chi connectivity index (χ4n) is 3.07. The fraction of sp³-hybridized carbons (Fsp3) is 0.529. The van der Waals surface area contributed by atoms with Gasteiger partial charge in [0.05, 0.1) is 0 Å². The average Bonchev–Trinajstić information content (AvgIpc) is 2.64. The van der Waals surface area contributed by atoms with Crippen LogP contribution in [0.25, 0.3) is 0 Å². The third-order valence-corrected chi connectivity index (χ3v) is 4.72. The Labute approximate surface area is 146 Å². The first-order valence-corrected chi connectivity index (χ1v) is 8.57. The van der Waals surface area contributed by atoms with Crippen molar-refractivity contribution >= 4 is 17.5 Å². The van der Waals surface area contributed by atoms with Crippen LogP contribution in [0.5, 0.6) is 0 Å². The Morgan fingerprint density at radius 1 is 0.920 bits per heavy atom. The summed E-state index contributed by atoms with van der Waals surface area (Å²) in [6, 6.07) is 6.31. The second-order valence-electron chi connectivity index (χ2n) is 6.49. The molecule has 2 saturated heterocycles. The van der Waals surface area contributed by atoms with Crippen LogP contribution < -0.4 is 10.3 Å². The maximum absolute atomic E-state index is 13.0. The van der Waals surface area contributed by atoms with E-state index < -0.39 is 11.8 Å². The highest BCUT2D eigenvalue weighted by molar-refractivity contribution is 6.34. The lowest BCUT2D eigenvalue weighted by molar-refractivity contribution is -0.149. The van der Waals surface area contributed by atoms with Crippen LogP contribution in [0.3, 0.4) is 0 Å². The Bertz CT molecular complexity index is 608. The van der Waals surface area contributed by atoms with E-state index in [1.165, 1.54) is 12.1 Å². The monoisotopic (exact) mass is 349 g/mol. The van der Waals surface area contributed by atoms with Gasteiger partial charge in [0.15, 0.2) is 0 Å². The van der Waals surface area contributed by atoms with Crippen molar-refractivity contribution in [1.82, 2.24) is 20.2 Å². The average molecular weight is 349 g/mol. The molecule has 2 aliphatic heterocycles. The molecule has 0 radical (unpaired) electrons. The summed E-state index contributed by atoms with van der Waals surface area (Å²) in [5.41, 5.74) is 3.63. The van der Waals surface area contributed by atoms with Gasteiger partial charge in [-0.1, -0.05) is 0 Å². The zero-order valence-electron chi connectivity index (χ0n) is 14.4. The molecule has 3 rings (SSSR count). The summed E-state index contributed by atoms with van der Waals surface area (Å²) in [6.07, 6.45) is 0. The number of anilines is 1. The normalized spacial score (nSPS) is 19.8. The third-order valence-electron chi connectivity index (χ3n) is 4.72. The molecule has 136 valence electrons. The van der Waals surface area contributed by atoms with Crippen LogP contribution in [0.1, 0.15) is 0 Å². The van der Waals surface area contributed by atoms with Crippen molar-refractivity contribution in [3.8, 4) is 0 Å². The van der Waals surface area contributed by atoms with Crippen molar-refractivity contribution in [2.75, 3.05) is 64.3 Å². The molecule has 0 spiro atoms. The fourth-order valence-corrected chi connectivity index (χ4v) is 3.07. The van der Waals surface area contributed by atoms with Crippen LogP contribution in [0.2, 0.25) is 0 Å². The van der Waals surface area contributed by atoms with Gasteiger partial charge in [0.2, 0.25) is 0 Å². The number of hydrazine groups is 1. The minimum absolute atomic E-state index is 0.266. The molecule has 2 heterocycles. The van der Waals surface area contributed by atoms with Crippen LogP contribution in [0.4, 0.5) is 10.1 Å². The molecule has 2 fully saturated rings. The molecule has 0 aromatic heterocycles. The van der Waals surface area contributed by atoms with E-state index in [-0.39, 0.29) is 5.82 Å². The Kier molecular flexibility index (Phi) is 5.50. The first-order chi connectivity index (χ1) is 12.0. The molecule has 0 saturated carbocycles. The van der Waals surface area contributed by atoms with Gasteiger partial charge in [-0.3, -0.25) is 15.0 Å². The van der Waals surface area contributed by atoms with Crippen LogP contribution in [0.15, 0.2) is 24.3 Å². The van der Waals surface area contributed by atoms with Crippen LogP contribution in [-0.4, -0.2) is 86.0 Å². The number of benzene rings is 1. The number of carbonyl (C=O) groups excluding carboxylic acids is 2. The SMILES string of the molecule is CN1CCN(NC(=O)C(=O)N2CCN(c3ccc(F)cc3)CC2)CC1. The van der Waals surface area contributed by atoms with Gasteiger partial charge in [-0.25, -0.2) is 9.40 Å². The summed E-state index contributed by atoms with van der Waals surface area (Å²) in [6.45, 7) is 5.37. The summed E-state index contributed by atoms with van der Waals surface area (Å²) in [5, 5.41) is 1.80. The summed E-state index contributed by atoms with van der Waals surface area (Å²) in [7, 11) is 2.03. The predicted octanol–water partition coefficient (Wildman–Crippen LogP) is -0.247. The highest BCUT2D eigenvalue weighted by atomic mass is 19.1. The lowest BCUT2D eigenvalue weighted by Crippen LogP contribution is -2.58. The maximum Gasteiger partial charge on any atom is 0.323 e. The van der Waals surface area contributed by atoms with Gasteiger partial charge in [0.1, 0.15) is 5.82 Å². The highest BCUT2D eigenvalue weighted by Crippen LogP contribution is 2.17. The summed E-state index contributed by atoms with van der Waals surface area (Å²) in [4.78, 5) is 30.3. The molecule has 25 heavy (non-hydrogen) atoms. The molecule has 1 aromatic carbocycles. The number of rotatable bonds is 2. The first-order valence-electron chi connectivity index (χ1n) is 8.57. The predicted molar refractivity (Wildman–Crippen MR) is 92.4 cm³/mol. The van der Waals surface area contributed by atoms with Gasteiger partial charge in [-0.05, 0) is 31.3 Å². The van der Waals surface area contributed by atoms with E-state index >= 15 is 0 Å². The Morgan fingerprint density at radius 2 is 1.52 bits per heavy atom. The van der Waals surface area contributed by atoms with Crippen molar-refractivity contribution in [3.63, 3.8) is 0 Å². The third kappa shape index (κ3) is 4.46. The highest BCUT2D eigenvalue weighted by Gasteiger charge is 2.27. The van der Waals surface area contributed by atoms with Crippen molar-refractivity contribution in [3.05, 3.63) is 30.1 Å². The topological polar surface area (TPSA) is 59.1 Å². The molecule has 8 heteroatoms. The van der Waals surface area contributed by atoms with Gasteiger partial charge < -0.3 is 14.7 Å². The Hall–Kier alpha value is -2.19. The Morgan fingerprint density at radius 3 is 2.12 bits per heavy atom. The van der Waals surface area contributed by atoms with E-state index in [4.69, 9.17) is 0 Å². The first kappa shape index (κ1) is 17.6. The molecular formula is C17H24FN5O2. The van der Waals surface area contributed by atoms with Crippen molar-refractivity contribution in [2.45, 2.75) is 0 Å². The van der Waals surface area contributed by atoms with E-state index in [9.17, 15) is 14.0 Å². The number of likely N-dealkylation sites (N-methyl/N-ethyl adjacent to an activating group) is 1. The number of piperazine rings is 2. The molecule has 0 aliphatic carbocycles. The zero-order chi connectivity index (χ0) is 17.8. The van der Waals surface area contributed by atoms with Gasteiger partial charge in [0.25, 0.3) is 0 Å². The lowest BCUT2D eigenvalue weighted by atomic mass is 10.2. The zero-order valence-corrected chi connectivity index (χ0v) is 14.4. The quantitative estimate of drug-likeness (QED) is 0.747. The van der Waals surface area contributed by atoms with Crippen molar-refractivity contribution in [1.29, 1.82) is 0 Å². The number of hydrogen-bond acceptors (Lipinski definition) is 5. The van der Waals surface area contributed by atoms with Gasteiger partial charge in [-0.2, -0.15) is 0 Å². The molecule has 7 nitrogen and oxygen atoms in total. The van der Waals surface area contributed by atoms with E-state index in [1.54, 1.807) is 22.0 Å². The molecule has 1 aromatic rings. The molecule has 0 unspecified atom stereocenters. The van der Waals surface area contributed by atoms with E-state index in [0.717, 1.165) is 18.8 Å². The van der Waals surface area contributed by atoms with Gasteiger partial charge in [0, 0.05) is 58.0 Å². The number of halogens is 1. The van der Waals surface area contributed by atoms with Crippen LogP contribution in [-0.2, 0) is 9.59 Å². The standard InChI is InChI=1S/C17H24FN5O2/c1-20-6-12-23(13-7-20)19-16(24)17(25)22-10-8-21(9-11-22)15-4-2-14(18)3-5-15/h2-5H,6-13H2,1H3,(H,19,24). The smallest absolute Gasteiger partial charge is 0.323 e. The van der Waals surface area contributed by atoms with Crippen molar-refractivity contribution in [2.24, 2.45) is 0 Å². The van der Waals surface area contributed by atoms with Crippen LogP contribution in [0, 0.1) is 5.82 Å². The molecule has 2 amide bonds. The van der Waals surface area contributed by atoms with Gasteiger partial charge >= 0.3 is 11.8 Å².